The molecule has 4 aromatic heterocycles. The number of carbonyl (C=O) groups excluding carboxylic acids is 3. The van der Waals surface area contributed by atoms with Crippen molar-refractivity contribution in [1.29, 1.82) is 0 Å². The maximum absolute atomic E-state index is 11.3. The minimum atomic E-state index is -0.495. The SMILES string of the molecule is C.C.C.C.CCOC(=O)c1cnc(SC)nc1Cl.CCOC(=O)c1cnc(SC)nc1N.CSc1ncc(C=O)c(N)n1.CSc1ncc(CO)c(N)n1. The Morgan fingerprint density at radius 3 is 1.43 bits per heavy atom. The molecular formula is C32H52ClN11O6S4. The second-order valence-corrected chi connectivity index (χ2v) is 11.8. The first-order chi connectivity index (χ1) is 23.9. The third-order valence-corrected chi connectivity index (χ3v) is 7.77. The smallest absolute Gasteiger partial charge is 0.343 e. The molecule has 0 fully saturated rings. The molecule has 4 heterocycles. The minimum Gasteiger partial charge on any atom is -0.462 e. The van der Waals surface area contributed by atoms with Crippen molar-refractivity contribution in [3.8, 4) is 0 Å². The maximum Gasteiger partial charge on any atom is 0.343 e. The molecule has 0 amide bonds. The van der Waals surface area contributed by atoms with E-state index < -0.39 is 11.9 Å². The summed E-state index contributed by atoms with van der Waals surface area (Å²) in [6.07, 6.45) is 13.7. The Morgan fingerprint density at radius 2 is 1.06 bits per heavy atom. The summed E-state index contributed by atoms with van der Waals surface area (Å²) in [6, 6.07) is 0. The number of ether oxygens (including phenoxy) is 2. The number of rotatable bonds is 10. The highest BCUT2D eigenvalue weighted by Gasteiger charge is 2.14. The van der Waals surface area contributed by atoms with Gasteiger partial charge in [0.05, 0.1) is 25.4 Å². The highest BCUT2D eigenvalue weighted by Crippen LogP contribution is 2.18. The van der Waals surface area contributed by atoms with Crippen molar-refractivity contribution >= 4 is 94.3 Å². The molecule has 7 N–H and O–H groups in total. The van der Waals surface area contributed by atoms with Crippen LogP contribution in [0.2, 0.25) is 5.15 Å². The number of thioether (sulfide) groups is 4. The summed E-state index contributed by atoms with van der Waals surface area (Å²) < 4.78 is 9.55. The number of nitrogen functional groups attached to an aromatic ring is 3. The number of esters is 2. The van der Waals surface area contributed by atoms with Crippen LogP contribution in [0.5, 0.6) is 0 Å². The monoisotopic (exact) mass is 849 g/mol. The van der Waals surface area contributed by atoms with Crippen LogP contribution in [0.15, 0.2) is 45.4 Å². The molecule has 0 spiro atoms. The molecule has 4 aromatic rings. The second kappa shape index (κ2) is 31.3. The summed E-state index contributed by atoms with van der Waals surface area (Å²) in [6.45, 7) is 3.95. The van der Waals surface area contributed by atoms with Crippen LogP contribution in [0.3, 0.4) is 0 Å². The lowest BCUT2D eigenvalue weighted by Gasteiger charge is -2.04. The van der Waals surface area contributed by atoms with E-state index >= 15 is 0 Å². The van der Waals surface area contributed by atoms with Crippen LogP contribution in [-0.2, 0) is 16.1 Å². The molecule has 0 aromatic carbocycles. The summed E-state index contributed by atoms with van der Waals surface area (Å²) in [4.78, 5) is 64.1. The lowest BCUT2D eigenvalue weighted by Crippen LogP contribution is -2.10. The number of nitrogens with zero attached hydrogens (tertiary/aromatic N) is 8. The van der Waals surface area contributed by atoms with Gasteiger partial charge in [-0.15, -0.1) is 0 Å². The Hall–Kier alpha value is -4.02. The van der Waals surface area contributed by atoms with Crippen molar-refractivity contribution in [2.75, 3.05) is 55.4 Å². The number of halogens is 1. The van der Waals surface area contributed by atoms with Crippen molar-refractivity contribution < 1.29 is 29.0 Å². The van der Waals surface area contributed by atoms with Crippen molar-refractivity contribution in [2.24, 2.45) is 0 Å². The molecule has 0 radical (unpaired) electrons. The van der Waals surface area contributed by atoms with E-state index in [4.69, 9.17) is 43.4 Å². The van der Waals surface area contributed by atoms with Crippen LogP contribution < -0.4 is 17.2 Å². The molecule has 0 unspecified atom stereocenters. The Balaban J connectivity index is -0.000000303. The zero-order chi connectivity index (χ0) is 37.6. The summed E-state index contributed by atoms with van der Waals surface area (Å²) in [5, 5.41) is 11.1. The van der Waals surface area contributed by atoms with Gasteiger partial charge < -0.3 is 31.8 Å². The largest absolute Gasteiger partial charge is 0.462 e. The lowest BCUT2D eigenvalue weighted by atomic mass is 10.3. The average Bonchev–Trinajstić information content (AvgIpc) is 3.12. The predicted molar refractivity (Wildman–Crippen MR) is 224 cm³/mol. The number of nitrogens with two attached hydrogens (primary N) is 3. The first kappa shape index (κ1) is 56.7. The van der Waals surface area contributed by atoms with Gasteiger partial charge in [-0.1, -0.05) is 88.4 Å². The normalized spacial score (nSPS) is 9.11. The van der Waals surface area contributed by atoms with Crippen LogP contribution in [0.4, 0.5) is 17.5 Å². The fourth-order valence-electron chi connectivity index (χ4n) is 2.83. The van der Waals surface area contributed by atoms with Gasteiger partial charge in [-0.2, -0.15) is 0 Å². The van der Waals surface area contributed by atoms with Crippen LogP contribution in [-0.4, -0.2) is 101 Å². The van der Waals surface area contributed by atoms with Crippen LogP contribution >= 0.6 is 58.6 Å². The van der Waals surface area contributed by atoms with Gasteiger partial charge in [0, 0.05) is 30.4 Å². The molecule has 0 atom stereocenters. The molecule has 4 rings (SSSR count). The zero-order valence-corrected chi connectivity index (χ0v) is 31.8. The molecule has 0 aliphatic heterocycles. The van der Waals surface area contributed by atoms with Gasteiger partial charge in [-0.05, 0) is 38.9 Å². The number of hydrogen-bond acceptors (Lipinski definition) is 21. The second-order valence-electron chi connectivity index (χ2n) is 8.40. The topological polar surface area (TPSA) is 271 Å². The van der Waals surface area contributed by atoms with Gasteiger partial charge in [0.15, 0.2) is 26.9 Å². The molecular weight excluding hydrogens is 798 g/mol. The summed E-state index contributed by atoms with van der Waals surface area (Å²) in [5.41, 5.74) is 17.8. The molecule has 22 heteroatoms. The van der Waals surface area contributed by atoms with Gasteiger partial charge in [-0.3, -0.25) is 4.79 Å². The fraction of sp³-hybridized carbons (Fsp3) is 0.406. The number of aliphatic hydroxyl groups excluding tert-OH is 1. The van der Waals surface area contributed by atoms with E-state index in [0.29, 0.717) is 57.1 Å². The average molecular weight is 851 g/mol. The molecule has 0 saturated carbocycles. The third-order valence-electron chi connectivity index (χ3n) is 5.24. The van der Waals surface area contributed by atoms with Crippen LogP contribution in [0.25, 0.3) is 0 Å². The van der Waals surface area contributed by atoms with E-state index in [9.17, 15) is 14.4 Å². The third kappa shape index (κ3) is 19.3. The summed E-state index contributed by atoms with van der Waals surface area (Å²) >= 11 is 11.3. The van der Waals surface area contributed by atoms with Gasteiger partial charge in [0.1, 0.15) is 33.7 Å². The first-order valence-corrected chi connectivity index (χ1v) is 19.2. The van der Waals surface area contributed by atoms with E-state index in [1.165, 1.54) is 71.8 Å². The Morgan fingerprint density at radius 1 is 0.667 bits per heavy atom. The highest BCUT2D eigenvalue weighted by molar-refractivity contribution is 7.99. The number of hydrogen-bond donors (Lipinski definition) is 4. The minimum absolute atomic E-state index is 0. The first-order valence-electron chi connectivity index (χ1n) is 13.9. The van der Waals surface area contributed by atoms with Crippen LogP contribution in [0.1, 0.15) is 80.2 Å². The summed E-state index contributed by atoms with van der Waals surface area (Å²) in [5.74, 6) is -0.239. The standard InChI is InChI=1S/C8H9ClN2O2S.C8H11N3O2S.C6H9N3OS.C6H7N3OS.4CH4/c2*1-3-13-7(12)5-4-10-8(14-2)11-6(5)9;2*1-11-6-8-2-4(3-10)5(7)9-6;;;;/h4H,3H2,1-2H3;4H,3H2,1-2H3,(H2,9,10,11);2,10H,3H2,1H3,(H2,7,8,9);2-3H,1H3,(H2,7,8,9);4*1H4. The number of carbonyl (C=O) groups is 3. The molecule has 17 nitrogen and oxygen atoms in total. The van der Waals surface area contributed by atoms with Crippen molar-refractivity contribution in [3.63, 3.8) is 0 Å². The van der Waals surface area contributed by atoms with Gasteiger partial charge >= 0.3 is 11.9 Å². The van der Waals surface area contributed by atoms with Crippen molar-refractivity contribution in [1.82, 2.24) is 39.9 Å². The summed E-state index contributed by atoms with van der Waals surface area (Å²) in [7, 11) is 0. The highest BCUT2D eigenvalue weighted by atomic mass is 35.5. The number of aliphatic hydroxyl groups is 1. The lowest BCUT2D eigenvalue weighted by molar-refractivity contribution is 0.0516. The van der Waals surface area contributed by atoms with E-state index in [0.717, 1.165) is 0 Å². The molecule has 0 saturated heterocycles. The Bertz CT molecular complexity index is 1650. The van der Waals surface area contributed by atoms with E-state index in [1.807, 2.05) is 25.0 Å². The van der Waals surface area contributed by atoms with Crippen molar-refractivity contribution in [2.45, 2.75) is 70.8 Å². The molecule has 0 bridgehead atoms. The van der Waals surface area contributed by atoms with Gasteiger partial charge in [-0.25, -0.2) is 49.5 Å². The van der Waals surface area contributed by atoms with E-state index in [-0.39, 0.29) is 64.2 Å². The van der Waals surface area contributed by atoms with E-state index in [2.05, 4.69) is 39.9 Å². The van der Waals surface area contributed by atoms with Gasteiger partial charge in [0.25, 0.3) is 0 Å². The zero-order valence-electron chi connectivity index (χ0n) is 27.8. The number of aldehydes is 1. The molecule has 0 aliphatic rings. The van der Waals surface area contributed by atoms with Crippen LogP contribution in [0, 0.1) is 0 Å². The maximum atomic E-state index is 11.3. The predicted octanol–water partition coefficient (Wildman–Crippen LogP) is 6.40. The molecule has 302 valence electrons. The van der Waals surface area contributed by atoms with Gasteiger partial charge in [0.2, 0.25) is 0 Å². The molecule has 54 heavy (non-hydrogen) atoms. The number of anilines is 3. The van der Waals surface area contributed by atoms with Crippen molar-refractivity contribution in [3.05, 3.63) is 52.2 Å². The molecule has 0 aliphatic carbocycles. The Labute approximate surface area is 340 Å². The quantitative estimate of drug-likeness (QED) is 0.0442. The number of aromatic nitrogens is 8. The Kier molecular flexibility index (Phi) is 32.9. The fourth-order valence-corrected chi connectivity index (χ4v) is 4.47. The van der Waals surface area contributed by atoms with E-state index in [1.54, 1.807) is 13.8 Å².